The highest BCUT2D eigenvalue weighted by Gasteiger charge is 1.98. The third-order valence-electron chi connectivity index (χ3n) is 3.61. The van der Waals surface area contributed by atoms with E-state index in [-0.39, 0.29) is 0 Å². The molecule has 0 saturated heterocycles. The van der Waals surface area contributed by atoms with E-state index in [9.17, 15) is 0 Å². The average molecular weight is 396 g/mol. The van der Waals surface area contributed by atoms with Crippen molar-refractivity contribution in [3.05, 3.63) is 95.0 Å². The number of anilines is 1. The Labute approximate surface area is 168 Å². The van der Waals surface area contributed by atoms with Crippen LogP contribution in [0.4, 0.5) is 5.69 Å². The number of hydrogen-bond donors (Lipinski definition) is 2. The number of nitrogens with zero attached hydrogens (tertiary/aromatic N) is 1. The van der Waals surface area contributed by atoms with Gasteiger partial charge in [-0.3, -0.25) is 5.43 Å². The third kappa shape index (κ3) is 6.40. The van der Waals surface area contributed by atoms with Crippen LogP contribution >= 0.6 is 23.8 Å². The Morgan fingerprint density at radius 1 is 0.963 bits per heavy atom. The summed E-state index contributed by atoms with van der Waals surface area (Å²) in [5.74, 6) is 0.788. The van der Waals surface area contributed by atoms with Crippen LogP contribution in [0.15, 0.2) is 84.0 Å². The normalized spacial score (nSPS) is 10.6. The molecule has 0 amide bonds. The van der Waals surface area contributed by atoms with Crippen LogP contribution in [0.1, 0.15) is 11.1 Å². The standard InChI is InChI=1S/C21H18ClN3OS/c22-18-10-6-17(7-11-18)15-26-20-12-8-16(9-13-20)14-23-25-21(27)24-19-4-2-1-3-5-19/h1-14H,15H2,(H2,24,25,27)/b23-14+. The van der Waals surface area contributed by atoms with Crippen molar-refractivity contribution in [2.45, 2.75) is 6.61 Å². The zero-order valence-electron chi connectivity index (χ0n) is 14.4. The van der Waals surface area contributed by atoms with Gasteiger partial charge < -0.3 is 10.1 Å². The van der Waals surface area contributed by atoms with Crippen LogP contribution in [0.25, 0.3) is 0 Å². The summed E-state index contributed by atoms with van der Waals surface area (Å²) in [7, 11) is 0. The SMILES string of the molecule is S=C(N/N=C/c1ccc(OCc2ccc(Cl)cc2)cc1)Nc1ccccc1. The monoisotopic (exact) mass is 395 g/mol. The van der Waals surface area contributed by atoms with Gasteiger partial charge in [-0.05, 0) is 71.9 Å². The van der Waals surface area contributed by atoms with Crippen molar-refractivity contribution in [3.63, 3.8) is 0 Å². The van der Waals surface area contributed by atoms with Gasteiger partial charge in [-0.15, -0.1) is 0 Å². The summed E-state index contributed by atoms with van der Waals surface area (Å²) in [6.45, 7) is 0.492. The minimum absolute atomic E-state index is 0.431. The van der Waals surface area contributed by atoms with Gasteiger partial charge in [-0.2, -0.15) is 5.10 Å². The molecule has 0 aromatic heterocycles. The maximum absolute atomic E-state index is 5.88. The van der Waals surface area contributed by atoms with Crippen molar-refractivity contribution in [1.82, 2.24) is 5.43 Å². The molecule has 0 aliphatic carbocycles. The van der Waals surface area contributed by atoms with Gasteiger partial charge in [-0.25, -0.2) is 0 Å². The van der Waals surface area contributed by atoms with Gasteiger partial charge in [0, 0.05) is 10.7 Å². The molecule has 0 atom stereocenters. The highest BCUT2D eigenvalue weighted by Crippen LogP contribution is 2.15. The molecular formula is C21H18ClN3OS. The lowest BCUT2D eigenvalue weighted by Gasteiger charge is -2.07. The van der Waals surface area contributed by atoms with E-state index < -0.39 is 0 Å². The van der Waals surface area contributed by atoms with Crippen LogP contribution in [0.3, 0.4) is 0 Å². The molecule has 0 heterocycles. The number of ether oxygens (including phenoxy) is 1. The summed E-state index contributed by atoms with van der Waals surface area (Å²) in [4.78, 5) is 0. The first-order valence-electron chi connectivity index (χ1n) is 8.31. The molecule has 2 N–H and O–H groups in total. The van der Waals surface area contributed by atoms with E-state index in [1.165, 1.54) is 0 Å². The molecule has 0 spiro atoms. The molecule has 6 heteroatoms. The fraction of sp³-hybridized carbons (Fsp3) is 0.0476. The predicted octanol–water partition coefficient (Wildman–Crippen LogP) is 5.24. The summed E-state index contributed by atoms with van der Waals surface area (Å²) in [5.41, 5.74) is 5.70. The van der Waals surface area contributed by atoms with Crippen LogP contribution in [-0.4, -0.2) is 11.3 Å². The summed E-state index contributed by atoms with van der Waals surface area (Å²) >= 11 is 11.1. The molecule has 0 aliphatic rings. The third-order valence-corrected chi connectivity index (χ3v) is 4.06. The number of nitrogens with one attached hydrogen (secondary N) is 2. The minimum Gasteiger partial charge on any atom is -0.489 e. The van der Waals surface area contributed by atoms with Crippen LogP contribution in [-0.2, 0) is 6.61 Å². The highest BCUT2D eigenvalue weighted by atomic mass is 35.5. The van der Waals surface area contributed by atoms with E-state index in [0.29, 0.717) is 11.7 Å². The quantitative estimate of drug-likeness (QED) is 0.340. The Hall–Kier alpha value is -2.89. The molecule has 0 bridgehead atoms. The number of rotatable bonds is 6. The van der Waals surface area contributed by atoms with Crippen molar-refractivity contribution >= 4 is 40.8 Å². The van der Waals surface area contributed by atoms with Crippen LogP contribution in [0.2, 0.25) is 5.02 Å². The number of halogens is 1. The van der Waals surface area contributed by atoms with Gasteiger partial charge in [-0.1, -0.05) is 41.9 Å². The summed E-state index contributed by atoms with van der Waals surface area (Å²) in [6.07, 6.45) is 1.70. The van der Waals surface area contributed by atoms with Crippen molar-refractivity contribution in [1.29, 1.82) is 0 Å². The molecule has 136 valence electrons. The Balaban J connectivity index is 1.46. The van der Waals surface area contributed by atoms with Crippen LogP contribution in [0.5, 0.6) is 5.75 Å². The first kappa shape index (κ1) is 18.9. The van der Waals surface area contributed by atoms with E-state index in [2.05, 4.69) is 15.8 Å². The Kier molecular flexibility index (Phi) is 6.79. The number of hydrazone groups is 1. The number of hydrogen-bond acceptors (Lipinski definition) is 3. The van der Waals surface area contributed by atoms with Crippen molar-refractivity contribution < 1.29 is 4.74 Å². The van der Waals surface area contributed by atoms with E-state index in [4.69, 9.17) is 28.6 Å². The summed E-state index contributed by atoms with van der Waals surface area (Å²) < 4.78 is 5.76. The van der Waals surface area contributed by atoms with Gasteiger partial charge in [0.05, 0.1) is 6.21 Å². The van der Waals surface area contributed by atoms with Gasteiger partial charge in [0.15, 0.2) is 5.11 Å². The summed E-state index contributed by atoms with van der Waals surface area (Å²) in [6, 6.07) is 24.9. The maximum atomic E-state index is 5.88. The zero-order valence-corrected chi connectivity index (χ0v) is 16.0. The molecule has 3 aromatic carbocycles. The van der Waals surface area contributed by atoms with Gasteiger partial charge in [0.1, 0.15) is 12.4 Å². The van der Waals surface area contributed by atoms with Crippen LogP contribution in [0, 0.1) is 0 Å². The Morgan fingerprint density at radius 3 is 2.37 bits per heavy atom. The lowest BCUT2D eigenvalue weighted by atomic mass is 10.2. The Bertz CT molecular complexity index is 897. The van der Waals surface area contributed by atoms with Crippen molar-refractivity contribution in [3.8, 4) is 5.75 Å². The zero-order chi connectivity index (χ0) is 18.9. The largest absolute Gasteiger partial charge is 0.489 e. The van der Waals surface area contributed by atoms with Gasteiger partial charge >= 0.3 is 0 Å². The van der Waals surface area contributed by atoms with Crippen molar-refractivity contribution in [2.75, 3.05) is 5.32 Å². The number of benzene rings is 3. The Morgan fingerprint density at radius 2 is 1.67 bits per heavy atom. The molecule has 0 radical (unpaired) electrons. The molecule has 0 unspecified atom stereocenters. The second-order valence-corrected chi connectivity index (χ2v) is 6.52. The number of para-hydroxylation sites is 1. The highest BCUT2D eigenvalue weighted by molar-refractivity contribution is 7.80. The molecule has 4 nitrogen and oxygen atoms in total. The molecular weight excluding hydrogens is 378 g/mol. The lowest BCUT2D eigenvalue weighted by Crippen LogP contribution is -2.23. The second kappa shape index (κ2) is 9.71. The molecule has 0 aliphatic heterocycles. The molecule has 27 heavy (non-hydrogen) atoms. The predicted molar refractivity (Wildman–Crippen MR) is 116 cm³/mol. The fourth-order valence-electron chi connectivity index (χ4n) is 2.24. The molecule has 3 rings (SSSR count). The molecule has 0 saturated carbocycles. The first-order valence-corrected chi connectivity index (χ1v) is 9.10. The first-order chi connectivity index (χ1) is 13.2. The minimum atomic E-state index is 0.431. The van der Waals surface area contributed by atoms with Gasteiger partial charge in [0.25, 0.3) is 0 Å². The number of thiocarbonyl (C=S) groups is 1. The topological polar surface area (TPSA) is 45.7 Å². The van der Waals surface area contributed by atoms with E-state index >= 15 is 0 Å². The fourth-order valence-corrected chi connectivity index (χ4v) is 2.54. The summed E-state index contributed by atoms with van der Waals surface area (Å²) in [5, 5.41) is 8.34. The average Bonchev–Trinajstić information content (AvgIpc) is 2.69. The maximum Gasteiger partial charge on any atom is 0.191 e. The van der Waals surface area contributed by atoms with Crippen LogP contribution < -0.4 is 15.5 Å². The molecule has 0 fully saturated rings. The van der Waals surface area contributed by atoms with Crippen molar-refractivity contribution in [2.24, 2.45) is 5.10 Å². The second-order valence-electron chi connectivity index (χ2n) is 5.67. The lowest BCUT2D eigenvalue weighted by molar-refractivity contribution is 0.306. The van der Waals surface area contributed by atoms with E-state index in [1.807, 2.05) is 78.9 Å². The molecule has 3 aromatic rings. The van der Waals surface area contributed by atoms with Gasteiger partial charge in [0.2, 0.25) is 0 Å². The van der Waals surface area contributed by atoms with E-state index in [0.717, 1.165) is 27.6 Å². The smallest absolute Gasteiger partial charge is 0.191 e. The van der Waals surface area contributed by atoms with E-state index in [1.54, 1.807) is 6.21 Å².